The number of unbranched alkanes of at least 4 members (excludes halogenated alkanes) is 3. The first-order chi connectivity index (χ1) is 8.40. The molecule has 0 spiro atoms. The number of anilines is 1. The Labute approximate surface area is 98.8 Å². The van der Waals surface area contributed by atoms with Gasteiger partial charge in [0.05, 0.1) is 0 Å². The molecule has 0 amide bonds. The van der Waals surface area contributed by atoms with Crippen LogP contribution < -0.4 is 5.32 Å². The number of aliphatic hydroxyl groups excluding tert-OH is 1. The Morgan fingerprint density at radius 2 is 2.06 bits per heavy atom. The molecule has 0 unspecified atom stereocenters. The average molecular weight is 236 g/mol. The molecule has 0 radical (unpaired) electrons. The molecule has 2 N–H and O–H groups in total. The highest BCUT2D eigenvalue weighted by Gasteiger charge is 1.99. The molecule has 0 aliphatic heterocycles. The van der Waals surface area contributed by atoms with Crippen molar-refractivity contribution in [3.05, 3.63) is 12.1 Å². The van der Waals surface area contributed by atoms with Crippen LogP contribution in [0.3, 0.4) is 0 Å². The quantitative estimate of drug-likeness (QED) is 0.680. The van der Waals surface area contributed by atoms with Crippen LogP contribution in [0.2, 0.25) is 0 Å². The number of nitrogens with zero attached hydrogens (tertiary/aromatic N) is 5. The van der Waals surface area contributed by atoms with E-state index in [1.54, 1.807) is 0 Å². The van der Waals surface area contributed by atoms with Gasteiger partial charge in [0, 0.05) is 13.2 Å². The minimum Gasteiger partial charge on any atom is -0.396 e. The zero-order valence-electron chi connectivity index (χ0n) is 9.58. The van der Waals surface area contributed by atoms with Crippen molar-refractivity contribution in [2.75, 3.05) is 18.5 Å². The zero-order valence-corrected chi connectivity index (χ0v) is 9.58. The van der Waals surface area contributed by atoms with Crippen molar-refractivity contribution in [1.29, 1.82) is 0 Å². The summed E-state index contributed by atoms with van der Waals surface area (Å²) in [6, 6.07) is 3.68. The van der Waals surface area contributed by atoms with Crippen molar-refractivity contribution in [2.45, 2.75) is 25.7 Å². The largest absolute Gasteiger partial charge is 0.396 e. The summed E-state index contributed by atoms with van der Waals surface area (Å²) >= 11 is 0. The smallest absolute Gasteiger partial charge is 0.200 e. The maximum atomic E-state index is 8.63. The lowest BCUT2D eigenvalue weighted by Crippen LogP contribution is -2.06. The molecule has 0 aliphatic rings. The van der Waals surface area contributed by atoms with Crippen LogP contribution in [0.25, 0.3) is 5.65 Å². The molecule has 7 nitrogen and oxygen atoms in total. The van der Waals surface area contributed by atoms with Crippen molar-refractivity contribution in [1.82, 2.24) is 25.3 Å². The van der Waals surface area contributed by atoms with Gasteiger partial charge >= 0.3 is 0 Å². The first-order valence-electron chi connectivity index (χ1n) is 5.80. The van der Waals surface area contributed by atoms with E-state index in [1.165, 1.54) is 4.63 Å². The number of fused-ring (bicyclic) bond motifs is 1. The lowest BCUT2D eigenvalue weighted by atomic mass is 10.2. The number of hydrogen-bond donors (Lipinski definition) is 2. The van der Waals surface area contributed by atoms with Gasteiger partial charge in [-0.1, -0.05) is 12.8 Å². The predicted octanol–water partition coefficient (Wildman–Crippen LogP) is 0.484. The van der Waals surface area contributed by atoms with Gasteiger partial charge in [0.1, 0.15) is 5.82 Å². The molecule has 0 fully saturated rings. The third-order valence-corrected chi connectivity index (χ3v) is 2.46. The van der Waals surface area contributed by atoms with E-state index in [-0.39, 0.29) is 6.61 Å². The monoisotopic (exact) mass is 236 g/mol. The summed E-state index contributed by atoms with van der Waals surface area (Å²) in [7, 11) is 0. The molecule has 0 saturated heterocycles. The second-order valence-electron chi connectivity index (χ2n) is 3.81. The summed E-state index contributed by atoms with van der Waals surface area (Å²) < 4.78 is 1.40. The zero-order chi connectivity index (χ0) is 11.9. The second-order valence-corrected chi connectivity index (χ2v) is 3.81. The first-order valence-corrected chi connectivity index (χ1v) is 5.80. The van der Waals surface area contributed by atoms with Gasteiger partial charge in [-0.3, -0.25) is 0 Å². The predicted molar refractivity (Wildman–Crippen MR) is 62.6 cm³/mol. The summed E-state index contributed by atoms with van der Waals surface area (Å²) in [4.78, 5) is 0. The lowest BCUT2D eigenvalue weighted by molar-refractivity contribution is 0.283. The summed E-state index contributed by atoms with van der Waals surface area (Å²) in [5.74, 6) is 0.770. The summed E-state index contributed by atoms with van der Waals surface area (Å²) in [6.07, 6.45) is 4.13. The normalized spacial score (nSPS) is 10.9. The van der Waals surface area contributed by atoms with Gasteiger partial charge in [0.15, 0.2) is 5.65 Å². The molecule has 2 rings (SSSR count). The highest BCUT2D eigenvalue weighted by Crippen LogP contribution is 2.04. The van der Waals surface area contributed by atoms with Crippen molar-refractivity contribution >= 4 is 11.5 Å². The van der Waals surface area contributed by atoms with E-state index < -0.39 is 0 Å². The fourth-order valence-electron chi connectivity index (χ4n) is 1.55. The summed E-state index contributed by atoms with van der Waals surface area (Å²) in [6.45, 7) is 1.15. The van der Waals surface area contributed by atoms with E-state index in [1.807, 2.05) is 12.1 Å². The lowest BCUT2D eigenvalue weighted by Gasteiger charge is -2.04. The molecule has 2 aromatic rings. The van der Waals surface area contributed by atoms with E-state index in [0.29, 0.717) is 5.65 Å². The Morgan fingerprint density at radius 3 is 2.94 bits per heavy atom. The van der Waals surface area contributed by atoms with E-state index >= 15 is 0 Å². The SMILES string of the molecule is OCCCCCCNc1ccc2nnnn2n1. The molecule has 0 saturated carbocycles. The van der Waals surface area contributed by atoms with E-state index in [4.69, 9.17) is 5.11 Å². The molecule has 0 bridgehead atoms. The van der Waals surface area contributed by atoms with Crippen LogP contribution in [0.15, 0.2) is 12.1 Å². The number of rotatable bonds is 7. The molecule has 92 valence electrons. The van der Waals surface area contributed by atoms with Crippen molar-refractivity contribution in [3.8, 4) is 0 Å². The van der Waals surface area contributed by atoms with Crippen LogP contribution >= 0.6 is 0 Å². The van der Waals surface area contributed by atoms with Crippen LogP contribution in [0, 0.1) is 0 Å². The molecule has 2 heterocycles. The highest BCUT2D eigenvalue weighted by atomic mass is 16.2. The molecule has 0 atom stereocenters. The molecule has 17 heavy (non-hydrogen) atoms. The average Bonchev–Trinajstić information content (AvgIpc) is 2.81. The van der Waals surface area contributed by atoms with Crippen molar-refractivity contribution < 1.29 is 5.11 Å². The summed E-state index contributed by atoms with van der Waals surface area (Å²) in [5.41, 5.74) is 0.637. The topological polar surface area (TPSA) is 88.2 Å². The minimum atomic E-state index is 0.283. The standard InChI is InChI=1S/C10H16N6O/c17-8-4-2-1-3-7-11-9-5-6-10-12-14-15-16(10)13-9/h5-6,17H,1-4,7-8H2,(H,11,13). The maximum absolute atomic E-state index is 8.63. The Balaban J connectivity index is 1.75. The molecular formula is C10H16N6O. The molecule has 7 heteroatoms. The van der Waals surface area contributed by atoms with Gasteiger partial charge in [0.25, 0.3) is 0 Å². The van der Waals surface area contributed by atoms with Gasteiger partial charge in [-0.2, -0.15) is 0 Å². The van der Waals surface area contributed by atoms with Gasteiger partial charge in [-0.25, -0.2) is 0 Å². The van der Waals surface area contributed by atoms with E-state index in [2.05, 4.69) is 25.9 Å². The Morgan fingerprint density at radius 1 is 1.18 bits per heavy atom. The molecule has 2 aromatic heterocycles. The van der Waals surface area contributed by atoms with Gasteiger partial charge in [0.2, 0.25) is 0 Å². The van der Waals surface area contributed by atoms with Crippen LogP contribution in [0.1, 0.15) is 25.7 Å². The number of aliphatic hydroxyl groups is 1. The Kier molecular flexibility index (Phi) is 4.20. The number of tetrazole rings is 1. The van der Waals surface area contributed by atoms with E-state index in [9.17, 15) is 0 Å². The molecule has 0 aromatic carbocycles. The minimum absolute atomic E-state index is 0.283. The number of aromatic nitrogens is 5. The van der Waals surface area contributed by atoms with E-state index in [0.717, 1.165) is 38.0 Å². The molecular weight excluding hydrogens is 220 g/mol. The van der Waals surface area contributed by atoms with Crippen LogP contribution in [0.4, 0.5) is 5.82 Å². The fraction of sp³-hybridized carbons (Fsp3) is 0.600. The Bertz CT molecular complexity index is 457. The van der Waals surface area contributed by atoms with Gasteiger partial charge < -0.3 is 10.4 Å². The van der Waals surface area contributed by atoms with Crippen LogP contribution in [-0.2, 0) is 0 Å². The van der Waals surface area contributed by atoms with Crippen LogP contribution in [0.5, 0.6) is 0 Å². The number of hydrogen-bond acceptors (Lipinski definition) is 6. The first kappa shape index (κ1) is 11.7. The Hall–Kier alpha value is -1.76. The van der Waals surface area contributed by atoms with Gasteiger partial charge in [-0.05, 0) is 35.4 Å². The fourth-order valence-corrected chi connectivity index (χ4v) is 1.55. The van der Waals surface area contributed by atoms with Crippen molar-refractivity contribution in [3.63, 3.8) is 0 Å². The van der Waals surface area contributed by atoms with Gasteiger partial charge in [-0.15, -0.1) is 14.8 Å². The maximum Gasteiger partial charge on any atom is 0.200 e. The van der Waals surface area contributed by atoms with Crippen LogP contribution in [-0.4, -0.2) is 43.5 Å². The number of nitrogens with one attached hydrogen (secondary N) is 1. The van der Waals surface area contributed by atoms with Crippen molar-refractivity contribution in [2.24, 2.45) is 0 Å². The second kappa shape index (κ2) is 6.09. The highest BCUT2D eigenvalue weighted by molar-refractivity contribution is 5.41. The molecule has 0 aliphatic carbocycles. The summed E-state index contributed by atoms with van der Waals surface area (Å²) in [5, 5.41) is 27.1. The third kappa shape index (κ3) is 3.35. The third-order valence-electron chi connectivity index (χ3n) is 2.46.